The van der Waals surface area contributed by atoms with Gasteiger partial charge >= 0.3 is 0 Å². The molecule has 2 aromatic heterocycles. The highest BCUT2D eigenvalue weighted by atomic mass is 32.1. The lowest BCUT2D eigenvalue weighted by Crippen LogP contribution is -2.08. The summed E-state index contributed by atoms with van der Waals surface area (Å²) in [4.78, 5) is 10.7. The molecule has 0 saturated heterocycles. The Morgan fingerprint density at radius 3 is 3.06 bits per heavy atom. The van der Waals surface area contributed by atoms with Crippen molar-refractivity contribution in [1.29, 1.82) is 0 Å². The summed E-state index contributed by atoms with van der Waals surface area (Å²) >= 11 is 1.77. The van der Waals surface area contributed by atoms with Crippen molar-refractivity contribution < 1.29 is 0 Å². The molecule has 2 heterocycles. The van der Waals surface area contributed by atoms with Crippen LogP contribution in [0.15, 0.2) is 17.5 Å². The maximum Gasteiger partial charge on any atom is 0.136 e. The van der Waals surface area contributed by atoms with Crippen molar-refractivity contribution in [1.82, 2.24) is 9.97 Å². The van der Waals surface area contributed by atoms with E-state index in [1.165, 1.54) is 22.6 Å². The van der Waals surface area contributed by atoms with E-state index in [4.69, 9.17) is 9.97 Å². The molecule has 0 spiro atoms. The summed E-state index contributed by atoms with van der Waals surface area (Å²) in [5, 5.41) is 5.49. The van der Waals surface area contributed by atoms with Gasteiger partial charge in [-0.3, -0.25) is 0 Å². The minimum Gasteiger partial charge on any atom is -0.370 e. The summed E-state index contributed by atoms with van der Waals surface area (Å²) in [7, 11) is 0. The topological polar surface area (TPSA) is 37.8 Å². The average molecular weight is 259 g/mol. The van der Waals surface area contributed by atoms with E-state index in [1.807, 2.05) is 0 Å². The molecule has 0 bridgehead atoms. The lowest BCUT2D eigenvalue weighted by atomic mass is 10.2. The molecule has 0 amide bonds. The Morgan fingerprint density at radius 2 is 2.28 bits per heavy atom. The van der Waals surface area contributed by atoms with Gasteiger partial charge in [0.2, 0.25) is 0 Å². The van der Waals surface area contributed by atoms with Crippen LogP contribution in [0, 0.1) is 0 Å². The SMILES string of the molecule is CCNc1nc(Cc2cccs2)nc2c1CCC2. The Kier molecular flexibility index (Phi) is 3.28. The quantitative estimate of drug-likeness (QED) is 0.917. The van der Waals surface area contributed by atoms with Gasteiger partial charge in [0.15, 0.2) is 0 Å². The normalized spacial score (nSPS) is 13.6. The second kappa shape index (κ2) is 5.06. The van der Waals surface area contributed by atoms with Crippen LogP contribution in [0.5, 0.6) is 0 Å². The molecule has 0 unspecified atom stereocenters. The van der Waals surface area contributed by atoms with Crippen molar-refractivity contribution in [3.63, 3.8) is 0 Å². The highest BCUT2D eigenvalue weighted by molar-refractivity contribution is 7.09. The largest absolute Gasteiger partial charge is 0.370 e. The van der Waals surface area contributed by atoms with E-state index in [9.17, 15) is 0 Å². The van der Waals surface area contributed by atoms with E-state index in [0.717, 1.165) is 37.4 Å². The first-order valence-corrected chi connectivity index (χ1v) is 7.39. The average Bonchev–Trinajstić information content (AvgIpc) is 3.00. The van der Waals surface area contributed by atoms with Crippen molar-refractivity contribution in [2.75, 3.05) is 11.9 Å². The van der Waals surface area contributed by atoms with Crippen LogP contribution in [-0.2, 0) is 19.3 Å². The predicted octanol–water partition coefficient (Wildman–Crippen LogP) is 3.05. The molecule has 18 heavy (non-hydrogen) atoms. The lowest BCUT2D eigenvalue weighted by molar-refractivity contribution is 0.887. The van der Waals surface area contributed by atoms with Crippen LogP contribution in [0.1, 0.15) is 35.3 Å². The van der Waals surface area contributed by atoms with Gasteiger partial charge in [-0.1, -0.05) is 6.07 Å². The van der Waals surface area contributed by atoms with Crippen molar-refractivity contribution in [2.24, 2.45) is 0 Å². The second-order valence-electron chi connectivity index (χ2n) is 4.55. The van der Waals surface area contributed by atoms with Crippen molar-refractivity contribution in [2.45, 2.75) is 32.6 Å². The monoisotopic (exact) mass is 259 g/mol. The zero-order valence-electron chi connectivity index (χ0n) is 10.6. The molecular formula is C14H17N3S. The predicted molar refractivity (Wildman–Crippen MR) is 75.3 cm³/mol. The van der Waals surface area contributed by atoms with Gasteiger partial charge in [0.25, 0.3) is 0 Å². The molecule has 1 aliphatic rings. The van der Waals surface area contributed by atoms with Crippen LogP contribution >= 0.6 is 11.3 Å². The van der Waals surface area contributed by atoms with Gasteiger partial charge in [0.1, 0.15) is 11.6 Å². The van der Waals surface area contributed by atoms with E-state index < -0.39 is 0 Å². The van der Waals surface area contributed by atoms with Gasteiger partial charge in [0.05, 0.1) is 0 Å². The summed E-state index contributed by atoms with van der Waals surface area (Å²) in [5.74, 6) is 2.01. The molecule has 3 nitrogen and oxygen atoms in total. The number of aryl methyl sites for hydroxylation is 1. The fourth-order valence-electron chi connectivity index (χ4n) is 2.45. The lowest BCUT2D eigenvalue weighted by Gasteiger charge is -2.10. The minimum atomic E-state index is 0.851. The molecule has 0 aromatic carbocycles. The van der Waals surface area contributed by atoms with Crippen LogP contribution in [0.2, 0.25) is 0 Å². The zero-order valence-corrected chi connectivity index (χ0v) is 11.4. The van der Waals surface area contributed by atoms with Crippen LogP contribution in [0.4, 0.5) is 5.82 Å². The van der Waals surface area contributed by atoms with Crippen LogP contribution in [0.3, 0.4) is 0 Å². The maximum absolute atomic E-state index is 4.73. The van der Waals surface area contributed by atoms with E-state index in [0.29, 0.717) is 0 Å². The fraction of sp³-hybridized carbons (Fsp3) is 0.429. The Bertz CT molecular complexity index is 534. The third-order valence-corrected chi connectivity index (χ3v) is 4.11. The standard InChI is InChI=1S/C14H17N3S/c1-2-15-14-11-6-3-7-12(11)16-13(17-14)9-10-5-4-8-18-10/h4-5,8H,2-3,6-7,9H2,1H3,(H,15,16,17). The molecule has 0 atom stereocenters. The molecule has 0 saturated carbocycles. The number of anilines is 1. The highest BCUT2D eigenvalue weighted by Gasteiger charge is 2.19. The number of nitrogens with one attached hydrogen (secondary N) is 1. The van der Waals surface area contributed by atoms with E-state index in [2.05, 4.69) is 29.8 Å². The Labute approximate surface area is 111 Å². The smallest absolute Gasteiger partial charge is 0.136 e. The zero-order chi connectivity index (χ0) is 12.4. The molecule has 2 aromatic rings. The van der Waals surface area contributed by atoms with Crippen molar-refractivity contribution in [3.05, 3.63) is 39.5 Å². The van der Waals surface area contributed by atoms with Crippen LogP contribution < -0.4 is 5.32 Å². The number of rotatable bonds is 4. The first-order valence-electron chi connectivity index (χ1n) is 6.51. The maximum atomic E-state index is 4.73. The second-order valence-corrected chi connectivity index (χ2v) is 5.59. The molecule has 0 aliphatic heterocycles. The van der Waals surface area contributed by atoms with E-state index in [-0.39, 0.29) is 0 Å². The van der Waals surface area contributed by atoms with Crippen LogP contribution in [0.25, 0.3) is 0 Å². The van der Waals surface area contributed by atoms with Gasteiger partial charge in [0, 0.05) is 29.1 Å². The molecule has 0 radical (unpaired) electrons. The Balaban J connectivity index is 1.93. The minimum absolute atomic E-state index is 0.851. The first kappa shape index (κ1) is 11.7. The Morgan fingerprint density at radius 1 is 1.33 bits per heavy atom. The van der Waals surface area contributed by atoms with Crippen LogP contribution in [-0.4, -0.2) is 16.5 Å². The summed E-state index contributed by atoms with van der Waals surface area (Å²) in [6.45, 7) is 3.03. The van der Waals surface area contributed by atoms with E-state index >= 15 is 0 Å². The number of thiophene rings is 1. The number of hydrogen-bond donors (Lipinski definition) is 1. The highest BCUT2D eigenvalue weighted by Crippen LogP contribution is 2.27. The summed E-state index contributed by atoms with van der Waals surface area (Å²) < 4.78 is 0. The van der Waals surface area contributed by atoms with Gasteiger partial charge in [-0.05, 0) is 37.6 Å². The molecular weight excluding hydrogens is 242 g/mol. The summed E-state index contributed by atoms with van der Waals surface area (Å²) in [6, 6.07) is 4.23. The van der Waals surface area contributed by atoms with Gasteiger partial charge in [-0.15, -0.1) is 11.3 Å². The Hall–Kier alpha value is -1.42. The van der Waals surface area contributed by atoms with Crippen molar-refractivity contribution >= 4 is 17.2 Å². The first-order chi connectivity index (χ1) is 8.86. The summed E-state index contributed by atoms with van der Waals surface area (Å²) in [5.41, 5.74) is 2.60. The van der Waals surface area contributed by atoms with Gasteiger partial charge < -0.3 is 5.32 Å². The third kappa shape index (κ3) is 2.25. The summed E-state index contributed by atoms with van der Waals surface area (Å²) in [6.07, 6.45) is 4.29. The molecule has 0 fully saturated rings. The molecule has 3 rings (SSSR count). The van der Waals surface area contributed by atoms with E-state index in [1.54, 1.807) is 11.3 Å². The van der Waals surface area contributed by atoms with Gasteiger partial charge in [-0.2, -0.15) is 0 Å². The third-order valence-electron chi connectivity index (χ3n) is 3.24. The fourth-order valence-corrected chi connectivity index (χ4v) is 3.15. The molecule has 94 valence electrons. The molecule has 4 heteroatoms. The number of aromatic nitrogens is 2. The number of fused-ring (bicyclic) bond motifs is 1. The van der Waals surface area contributed by atoms with Crippen molar-refractivity contribution in [3.8, 4) is 0 Å². The van der Waals surface area contributed by atoms with Gasteiger partial charge in [-0.25, -0.2) is 9.97 Å². The number of hydrogen-bond acceptors (Lipinski definition) is 4. The molecule has 1 N–H and O–H groups in total. The molecule has 1 aliphatic carbocycles. The number of nitrogens with zero attached hydrogens (tertiary/aromatic N) is 2.